The zero-order valence-corrected chi connectivity index (χ0v) is 12.7. The molecule has 20 heavy (non-hydrogen) atoms. The van der Waals surface area contributed by atoms with E-state index in [1.807, 2.05) is 6.07 Å². The Morgan fingerprint density at radius 2 is 2.25 bits per heavy atom. The monoisotopic (exact) mass is 290 g/mol. The van der Waals surface area contributed by atoms with E-state index in [4.69, 9.17) is 5.73 Å². The molecule has 4 heteroatoms. The summed E-state index contributed by atoms with van der Waals surface area (Å²) in [7, 11) is 0. The molecule has 2 aliphatic rings. The zero-order valence-electron chi connectivity index (χ0n) is 11.9. The molecule has 0 radical (unpaired) electrons. The molecule has 2 aliphatic heterocycles. The Balaban J connectivity index is 1.82. The number of likely N-dealkylation sites (tertiary alicyclic amines) is 1. The van der Waals surface area contributed by atoms with Gasteiger partial charge in [0.2, 0.25) is 5.91 Å². The molecule has 0 bridgehead atoms. The highest BCUT2D eigenvalue weighted by atomic mass is 32.2. The number of aryl methyl sites for hydroxylation is 1. The Kier molecular flexibility index (Phi) is 4.03. The number of rotatable bonds is 2. The number of nitrogens with two attached hydrogens (primary N) is 1. The van der Waals surface area contributed by atoms with Crippen molar-refractivity contribution < 1.29 is 4.79 Å². The van der Waals surface area contributed by atoms with Crippen LogP contribution in [0, 0.1) is 5.92 Å². The van der Waals surface area contributed by atoms with Gasteiger partial charge in [0.05, 0.1) is 0 Å². The van der Waals surface area contributed by atoms with Crippen LogP contribution in [0.4, 0.5) is 0 Å². The van der Waals surface area contributed by atoms with E-state index >= 15 is 0 Å². The van der Waals surface area contributed by atoms with Crippen LogP contribution in [0.2, 0.25) is 0 Å². The molecule has 2 heterocycles. The van der Waals surface area contributed by atoms with Gasteiger partial charge in [0.15, 0.2) is 0 Å². The van der Waals surface area contributed by atoms with Crippen LogP contribution in [0.15, 0.2) is 24.3 Å². The third-order valence-corrected chi connectivity index (χ3v) is 5.72. The van der Waals surface area contributed by atoms with Gasteiger partial charge in [-0.15, -0.1) is 11.8 Å². The fourth-order valence-corrected chi connectivity index (χ4v) is 4.63. The Hall–Kier alpha value is -1.00. The van der Waals surface area contributed by atoms with Crippen LogP contribution in [-0.2, 0) is 11.2 Å². The molecule has 108 valence electrons. The molecule has 1 amide bonds. The second-order valence-corrected chi connectivity index (χ2v) is 7.09. The average molecular weight is 290 g/mol. The number of thioether (sulfide) groups is 1. The summed E-state index contributed by atoms with van der Waals surface area (Å²) in [6.45, 7) is 3.66. The maximum atomic E-state index is 12.9. The van der Waals surface area contributed by atoms with Gasteiger partial charge in [0.25, 0.3) is 0 Å². The maximum Gasteiger partial charge on any atom is 0.240 e. The van der Waals surface area contributed by atoms with Crippen molar-refractivity contribution in [2.24, 2.45) is 11.7 Å². The van der Waals surface area contributed by atoms with Gasteiger partial charge in [0.1, 0.15) is 5.25 Å². The predicted octanol–water partition coefficient (Wildman–Crippen LogP) is 2.21. The van der Waals surface area contributed by atoms with Crippen molar-refractivity contribution in [3.63, 3.8) is 0 Å². The van der Waals surface area contributed by atoms with Crippen LogP contribution >= 0.6 is 11.8 Å². The molecular weight excluding hydrogens is 268 g/mol. The molecule has 0 spiro atoms. The molecule has 1 fully saturated rings. The van der Waals surface area contributed by atoms with E-state index in [1.54, 1.807) is 11.8 Å². The minimum absolute atomic E-state index is 0.0149. The molecule has 0 aromatic heterocycles. The van der Waals surface area contributed by atoms with Crippen LogP contribution in [0.5, 0.6) is 0 Å². The van der Waals surface area contributed by atoms with Crippen LogP contribution in [-0.4, -0.2) is 35.7 Å². The predicted molar refractivity (Wildman–Crippen MR) is 83.7 cm³/mol. The van der Waals surface area contributed by atoms with E-state index in [1.165, 1.54) is 11.1 Å². The van der Waals surface area contributed by atoms with Crippen molar-refractivity contribution in [2.75, 3.05) is 18.8 Å². The van der Waals surface area contributed by atoms with Crippen molar-refractivity contribution in [1.29, 1.82) is 0 Å². The first-order chi connectivity index (χ1) is 9.70. The van der Waals surface area contributed by atoms with Crippen molar-refractivity contribution >= 4 is 17.7 Å². The normalized spacial score (nSPS) is 29.3. The van der Waals surface area contributed by atoms with Gasteiger partial charge in [-0.05, 0) is 49.1 Å². The van der Waals surface area contributed by atoms with Gasteiger partial charge in [-0.25, -0.2) is 0 Å². The fraction of sp³-hybridized carbons (Fsp3) is 0.562. The highest BCUT2D eigenvalue weighted by molar-refractivity contribution is 8.00. The van der Waals surface area contributed by atoms with E-state index in [2.05, 4.69) is 30.0 Å². The summed E-state index contributed by atoms with van der Waals surface area (Å²) in [6.07, 6.45) is 2.12. The molecule has 3 rings (SSSR count). The molecule has 1 aromatic carbocycles. The van der Waals surface area contributed by atoms with E-state index in [0.717, 1.165) is 25.1 Å². The molecule has 3 unspecified atom stereocenters. The van der Waals surface area contributed by atoms with Gasteiger partial charge in [-0.2, -0.15) is 0 Å². The lowest BCUT2D eigenvalue weighted by Crippen LogP contribution is -2.38. The van der Waals surface area contributed by atoms with Gasteiger partial charge in [-0.1, -0.05) is 24.3 Å². The first-order valence-electron chi connectivity index (χ1n) is 7.40. The summed E-state index contributed by atoms with van der Waals surface area (Å²) < 4.78 is 0. The molecule has 3 nitrogen and oxygen atoms in total. The summed E-state index contributed by atoms with van der Waals surface area (Å²) in [4.78, 5) is 15.0. The van der Waals surface area contributed by atoms with Crippen molar-refractivity contribution in [1.82, 2.24) is 4.90 Å². The maximum absolute atomic E-state index is 12.9. The quantitative estimate of drug-likeness (QED) is 0.908. The van der Waals surface area contributed by atoms with Crippen molar-refractivity contribution in [3.05, 3.63) is 35.4 Å². The molecule has 2 N–H and O–H groups in total. The van der Waals surface area contributed by atoms with Crippen LogP contribution in [0.25, 0.3) is 0 Å². The molecule has 0 saturated carbocycles. The first-order valence-corrected chi connectivity index (χ1v) is 8.45. The highest BCUT2D eigenvalue weighted by Crippen LogP contribution is 2.39. The number of amides is 1. The van der Waals surface area contributed by atoms with Crippen LogP contribution in [0.3, 0.4) is 0 Å². The smallest absolute Gasteiger partial charge is 0.240 e. The number of hydrogen-bond acceptors (Lipinski definition) is 3. The number of nitrogens with zero attached hydrogens (tertiary/aromatic N) is 1. The zero-order chi connectivity index (χ0) is 14.1. The summed E-state index contributed by atoms with van der Waals surface area (Å²) in [5, 5.41) is -0.0149. The summed E-state index contributed by atoms with van der Waals surface area (Å²) >= 11 is 1.79. The van der Waals surface area contributed by atoms with Crippen molar-refractivity contribution in [3.8, 4) is 0 Å². The highest BCUT2D eigenvalue weighted by Gasteiger charge is 2.37. The second kappa shape index (κ2) is 5.78. The fourth-order valence-electron chi connectivity index (χ4n) is 3.37. The van der Waals surface area contributed by atoms with Gasteiger partial charge >= 0.3 is 0 Å². The van der Waals surface area contributed by atoms with Crippen molar-refractivity contribution in [2.45, 2.75) is 31.1 Å². The molecule has 1 aromatic rings. The third kappa shape index (κ3) is 2.47. The summed E-state index contributed by atoms with van der Waals surface area (Å²) in [5.41, 5.74) is 8.33. The number of fused-ring (bicyclic) bond motifs is 1. The lowest BCUT2D eigenvalue weighted by Gasteiger charge is -2.30. The minimum atomic E-state index is -0.0149. The van der Waals surface area contributed by atoms with E-state index in [0.29, 0.717) is 18.5 Å². The Morgan fingerprint density at radius 1 is 1.45 bits per heavy atom. The van der Waals surface area contributed by atoms with Crippen LogP contribution < -0.4 is 5.73 Å². The number of hydrogen-bond donors (Lipinski definition) is 1. The molecular formula is C16H22N2OS. The lowest BCUT2D eigenvalue weighted by atomic mass is 10.0. The molecule has 1 saturated heterocycles. The van der Waals surface area contributed by atoms with E-state index in [9.17, 15) is 4.79 Å². The summed E-state index contributed by atoms with van der Waals surface area (Å²) in [6, 6.07) is 8.71. The standard InChI is InChI=1S/C16H22N2OS/c1-11-8-12(9-17)10-18(11)16(19)15-14-5-3-2-4-13(14)6-7-20-15/h2-5,11-12,15H,6-10,17H2,1H3. The minimum Gasteiger partial charge on any atom is -0.338 e. The third-order valence-electron chi connectivity index (χ3n) is 4.50. The first kappa shape index (κ1) is 14.0. The van der Waals surface area contributed by atoms with Gasteiger partial charge in [-0.3, -0.25) is 4.79 Å². The van der Waals surface area contributed by atoms with E-state index in [-0.39, 0.29) is 11.2 Å². The summed E-state index contributed by atoms with van der Waals surface area (Å²) in [5.74, 6) is 1.79. The Labute approximate surface area is 124 Å². The van der Waals surface area contributed by atoms with Crippen LogP contribution in [0.1, 0.15) is 29.7 Å². The average Bonchev–Trinajstić information content (AvgIpc) is 2.87. The largest absolute Gasteiger partial charge is 0.338 e. The van der Waals surface area contributed by atoms with Gasteiger partial charge < -0.3 is 10.6 Å². The SMILES string of the molecule is CC1CC(CN)CN1C(=O)C1SCCc2ccccc21. The number of carbonyl (C=O) groups excluding carboxylic acids is 1. The lowest BCUT2D eigenvalue weighted by molar-refractivity contribution is -0.131. The Bertz CT molecular complexity index is 505. The molecule has 0 aliphatic carbocycles. The molecule has 3 atom stereocenters. The number of carbonyl (C=O) groups is 1. The number of benzene rings is 1. The topological polar surface area (TPSA) is 46.3 Å². The van der Waals surface area contributed by atoms with Gasteiger partial charge in [0, 0.05) is 12.6 Å². The second-order valence-electron chi connectivity index (χ2n) is 5.88. The Morgan fingerprint density at radius 3 is 3.00 bits per heavy atom. The van der Waals surface area contributed by atoms with E-state index < -0.39 is 0 Å².